The third-order valence-corrected chi connectivity index (χ3v) is 4.92. The number of amides is 2. The van der Waals surface area contributed by atoms with Gasteiger partial charge in [0.1, 0.15) is 11.6 Å². The third-order valence-electron chi connectivity index (χ3n) is 4.92. The highest BCUT2D eigenvalue weighted by Gasteiger charge is 2.12. The number of hydrogen-bond acceptors (Lipinski definition) is 6. The minimum Gasteiger partial charge on any atom is -0.497 e. The minimum absolute atomic E-state index is 0.130. The van der Waals surface area contributed by atoms with Gasteiger partial charge in [0.05, 0.1) is 7.11 Å². The zero-order valence-corrected chi connectivity index (χ0v) is 18.2. The molecule has 2 amide bonds. The second kappa shape index (κ2) is 10.4. The number of nitrogens with one attached hydrogen (secondary N) is 2. The second-order valence-corrected chi connectivity index (χ2v) is 7.33. The number of aryl methyl sites for hydroxylation is 1. The molecule has 0 aliphatic carbocycles. The summed E-state index contributed by atoms with van der Waals surface area (Å²) in [5, 5.41) is 9.43. The molecule has 0 aliphatic heterocycles. The summed E-state index contributed by atoms with van der Waals surface area (Å²) in [4.78, 5) is 28.9. The Morgan fingerprint density at radius 2 is 1.56 bits per heavy atom. The lowest BCUT2D eigenvalue weighted by Gasteiger charge is -2.08. The molecule has 1 aromatic heterocycles. The Hall–Kier alpha value is -4.53. The van der Waals surface area contributed by atoms with Crippen LogP contribution in [0.3, 0.4) is 0 Å². The first-order valence-corrected chi connectivity index (χ1v) is 10.4. The van der Waals surface area contributed by atoms with Crippen molar-refractivity contribution >= 4 is 23.2 Å². The van der Waals surface area contributed by atoms with E-state index in [0.717, 1.165) is 0 Å². The average Bonchev–Trinajstić information content (AvgIpc) is 3.33. The molecule has 0 unspecified atom stereocenters. The van der Waals surface area contributed by atoms with Crippen molar-refractivity contribution in [2.45, 2.75) is 12.8 Å². The summed E-state index contributed by atoms with van der Waals surface area (Å²) in [6.07, 6.45) is 0.382. The van der Waals surface area contributed by atoms with E-state index < -0.39 is 0 Å². The number of nitrogens with zero attached hydrogens (tertiary/aromatic N) is 2. The number of anilines is 2. The molecule has 0 aliphatic rings. The van der Waals surface area contributed by atoms with Gasteiger partial charge in [-0.05, 0) is 72.8 Å². The topological polar surface area (TPSA) is 106 Å². The molecular formula is C25H21FN4O4. The molecule has 0 spiro atoms. The molecule has 0 bridgehead atoms. The number of methoxy groups -OCH3 is 1. The van der Waals surface area contributed by atoms with Gasteiger partial charge in [-0.25, -0.2) is 4.39 Å². The molecule has 0 saturated carbocycles. The van der Waals surface area contributed by atoms with Crippen LogP contribution in [0.2, 0.25) is 0 Å². The number of halogens is 1. The molecule has 1 heterocycles. The molecule has 3 aromatic carbocycles. The summed E-state index contributed by atoms with van der Waals surface area (Å²) in [7, 11) is 1.57. The van der Waals surface area contributed by atoms with Gasteiger partial charge in [-0.15, -0.1) is 0 Å². The van der Waals surface area contributed by atoms with Crippen molar-refractivity contribution in [1.82, 2.24) is 10.1 Å². The van der Waals surface area contributed by atoms with Gasteiger partial charge in [0.15, 0.2) is 0 Å². The largest absolute Gasteiger partial charge is 0.497 e. The van der Waals surface area contributed by atoms with Crippen molar-refractivity contribution < 1.29 is 23.2 Å². The van der Waals surface area contributed by atoms with E-state index in [-0.39, 0.29) is 30.5 Å². The fraction of sp³-hybridized carbons (Fsp3) is 0.120. The Morgan fingerprint density at radius 1 is 0.912 bits per heavy atom. The van der Waals surface area contributed by atoms with Crippen LogP contribution in [-0.2, 0) is 11.2 Å². The quantitative estimate of drug-likeness (QED) is 0.395. The summed E-state index contributed by atoms with van der Waals surface area (Å²) in [6.45, 7) is 0. The van der Waals surface area contributed by atoms with Gasteiger partial charge in [-0.2, -0.15) is 4.98 Å². The van der Waals surface area contributed by atoms with Crippen molar-refractivity contribution in [2.75, 3.05) is 17.7 Å². The Bertz CT molecular complexity index is 1270. The van der Waals surface area contributed by atoms with E-state index in [4.69, 9.17) is 9.26 Å². The fourth-order valence-electron chi connectivity index (χ4n) is 3.10. The van der Waals surface area contributed by atoms with Crippen LogP contribution < -0.4 is 15.4 Å². The molecule has 8 nitrogen and oxygen atoms in total. The molecule has 9 heteroatoms. The maximum Gasteiger partial charge on any atom is 0.255 e. The number of ether oxygens (including phenoxy) is 1. The van der Waals surface area contributed by atoms with Crippen LogP contribution in [0.1, 0.15) is 22.7 Å². The van der Waals surface area contributed by atoms with Crippen LogP contribution in [-0.4, -0.2) is 29.1 Å². The second-order valence-electron chi connectivity index (χ2n) is 7.33. The molecule has 4 rings (SSSR count). The first-order valence-electron chi connectivity index (χ1n) is 10.4. The highest BCUT2D eigenvalue weighted by atomic mass is 19.1. The molecule has 34 heavy (non-hydrogen) atoms. The number of carbonyl (C=O) groups is 2. The van der Waals surface area contributed by atoms with Crippen LogP contribution in [0.4, 0.5) is 15.8 Å². The Kier molecular flexibility index (Phi) is 6.92. The molecule has 0 atom stereocenters. The third kappa shape index (κ3) is 5.83. The molecule has 0 fully saturated rings. The number of carbonyl (C=O) groups excluding carboxylic acids is 2. The van der Waals surface area contributed by atoms with E-state index in [9.17, 15) is 14.0 Å². The number of rotatable bonds is 8. The molecule has 0 radical (unpaired) electrons. The van der Waals surface area contributed by atoms with E-state index >= 15 is 0 Å². The molecule has 2 N–H and O–H groups in total. The van der Waals surface area contributed by atoms with Gasteiger partial charge in [0.25, 0.3) is 5.91 Å². The molecular weight excluding hydrogens is 439 g/mol. The Balaban J connectivity index is 1.27. The van der Waals surface area contributed by atoms with Crippen molar-refractivity contribution in [3.63, 3.8) is 0 Å². The minimum atomic E-state index is -0.352. The van der Waals surface area contributed by atoms with Crippen LogP contribution in [0.15, 0.2) is 77.3 Å². The van der Waals surface area contributed by atoms with Crippen LogP contribution >= 0.6 is 0 Å². The van der Waals surface area contributed by atoms with Crippen LogP contribution in [0.5, 0.6) is 5.75 Å². The number of hydrogen-bond donors (Lipinski definition) is 2. The normalized spacial score (nSPS) is 10.5. The van der Waals surface area contributed by atoms with E-state index in [1.807, 2.05) is 0 Å². The van der Waals surface area contributed by atoms with E-state index in [1.165, 1.54) is 12.1 Å². The predicted molar refractivity (Wildman–Crippen MR) is 124 cm³/mol. The summed E-state index contributed by atoms with van der Waals surface area (Å²) < 4.78 is 23.3. The van der Waals surface area contributed by atoms with Crippen molar-refractivity contribution in [3.05, 3.63) is 90.1 Å². The molecule has 0 saturated heterocycles. The van der Waals surface area contributed by atoms with Crippen LogP contribution in [0, 0.1) is 5.82 Å². The first-order chi connectivity index (χ1) is 16.5. The lowest BCUT2D eigenvalue weighted by molar-refractivity contribution is -0.116. The average molecular weight is 460 g/mol. The number of aromatic nitrogens is 2. The molecule has 4 aromatic rings. The van der Waals surface area contributed by atoms with Crippen molar-refractivity contribution in [1.29, 1.82) is 0 Å². The van der Waals surface area contributed by atoms with E-state index in [0.29, 0.717) is 40.0 Å². The summed E-state index contributed by atoms with van der Waals surface area (Å²) in [6, 6.07) is 19.3. The maximum absolute atomic E-state index is 13.0. The monoisotopic (exact) mass is 460 g/mol. The summed E-state index contributed by atoms with van der Waals surface area (Å²) in [5.41, 5.74) is 2.28. The number of benzene rings is 3. The van der Waals surface area contributed by atoms with Crippen LogP contribution in [0.25, 0.3) is 11.4 Å². The SMILES string of the molecule is COc1ccc(NC(=O)c2ccc(NC(=O)CCc3nc(-c4ccc(F)cc4)no3)cc2)cc1. The maximum atomic E-state index is 13.0. The zero-order valence-electron chi connectivity index (χ0n) is 18.2. The standard InChI is InChI=1S/C25H21FN4O4/c1-33-21-12-10-20(11-13-21)28-25(32)17-4-8-19(9-5-17)27-22(31)14-15-23-29-24(30-34-23)16-2-6-18(26)7-3-16/h2-13H,14-15H2,1H3,(H,27,31)(H,28,32). The molecule has 172 valence electrons. The summed E-state index contributed by atoms with van der Waals surface area (Å²) in [5.74, 6) is 0.479. The Labute approximate surface area is 194 Å². The summed E-state index contributed by atoms with van der Waals surface area (Å²) >= 11 is 0. The van der Waals surface area contributed by atoms with E-state index in [1.54, 1.807) is 67.8 Å². The van der Waals surface area contributed by atoms with Gasteiger partial charge >= 0.3 is 0 Å². The van der Waals surface area contributed by atoms with Crippen molar-refractivity contribution in [3.8, 4) is 17.1 Å². The highest BCUT2D eigenvalue weighted by Crippen LogP contribution is 2.18. The highest BCUT2D eigenvalue weighted by molar-refractivity contribution is 6.04. The van der Waals surface area contributed by atoms with Gasteiger partial charge < -0.3 is 19.9 Å². The van der Waals surface area contributed by atoms with Gasteiger partial charge in [-0.3, -0.25) is 9.59 Å². The van der Waals surface area contributed by atoms with Gasteiger partial charge in [-0.1, -0.05) is 5.16 Å². The zero-order chi connectivity index (χ0) is 23.9. The van der Waals surface area contributed by atoms with E-state index in [2.05, 4.69) is 20.8 Å². The smallest absolute Gasteiger partial charge is 0.255 e. The predicted octanol–water partition coefficient (Wildman–Crippen LogP) is 4.71. The Morgan fingerprint density at radius 3 is 2.24 bits per heavy atom. The lowest BCUT2D eigenvalue weighted by atomic mass is 10.2. The first kappa shape index (κ1) is 22.7. The van der Waals surface area contributed by atoms with Crippen molar-refractivity contribution in [2.24, 2.45) is 0 Å². The van der Waals surface area contributed by atoms with Gasteiger partial charge in [0, 0.05) is 35.3 Å². The lowest BCUT2D eigenvalue weighted by Crippen LogP contribution is -2.14. The van der Waals surface area contributed by atoms with Gasteiger partial charge in [0.2, 0.25) is 17.6 Å². The fourth-order valence-corrected chi connectivity index (χ4v) is 3.10.